The van der Waals surface area contributed by atoms with E-state index in [1.54, 1.807) is 13.8 Å². The Morgan fingerprint density at radius 3 is 2.24 bits per heavy atom. The number of nitrogens with zero attached hydrogens (tertiary/aromatic N) is 3. The topological polar surface area (TPSA) is 72.0 Å². The summed E-state index contributed by atoms with van der Waals surface area (Å²) in [5.41, 5.74) is 0. The van der Waals surface area contributed by atoms with Gasteiger partial charge in [-0.25, -0.2) is 0 Å². The first-order valence-corrected chi connectivity index (χ1v) is 6.69. The van der Waals surface area contributed by atoms with E-state index in [4.69, 9.17) is 4.74 Å². The third-order valence-corrected chi connectivity index (χ3v) is 2.20. The summed E-state index contributed by atoms with van der Waals surface area (Å²) in [5.74, 6) is 0.304. The van der Waals surface area contributed by atoms with Gasteiger partial charge in [-0.1, -0.05) is 0 Å². The Hall–Kier alpha value is -1.80. The van der Waals surface area contributed by atoms with Crippen LogP contribution >= 0.6 is 0 Å². The van der Waals surface area contributed by atoms with Crippen LogP contribution in [0.3, 0.4) is 0 Å². The monoisotopic (exact) mass is 307 g/mol. The highest BCUT2D eigenvalue weighted by Gasteiger charge is 2.30. The first-order valence-electron chi connectivity index (χ1n) is 6.69. The summed E-state index contributed by atoms with van der Waals surface area (Å²) in [4.78, 5) is 12.0. The lowest BCUT2D eigenvalue weighted by atomic mass is 10.2. The van der Waals surface area contributed by atoms with Crippen LogP contribution in [0.15, 0.2) is 0 Å². The third-order valence-electron chi connectivity index (χ3n) is 2.20. The molecule has 2 N–H and O–H groups in total. The van der Waals surface area contributed by atoms with Crippen LogP contribution in [-0.2, 0) is 0 Å². The molecule has 0 saturated carbocycles. The molecule has 0 amide bonds. The molecule has 0 fully saturated rings. The van der Waals surface area contributed by atoms with E-state index in [2.05, 4.69) is 25.6 Å². The van der Waals surface area contributed by atoms with Crippen molar-refractivity contribution in [3.63, 3.8) is 0 Å². The molecule has 0 bridgehead atoms. The maximum Gasteiger partial charge on any atom is 0.391 e. The van der Waals surface area contributed by atoms with Crippen molar-refractivity contribution in [1.82, 2.24) is 15.0 Å². The van der Waals surface area contributed by atoms with E-state index in [0.29, 0.717) is 6.54 Å². The maximum absolute atomic E-state index is 12.3. The van der Waals surface area contributed by atoms with Crippen molar-refractivity contribution < 1.29 is 17.9 Å². The van der Waals surface area contributed by atoms with E-state index in [9.17, 15) is 13.2 Å². The molecular formula is C12H20F3N5O. The van der Waals surface area contributed by atoms with Gasteiger partial charge < -0.3 is 15.4 Å². The SMILES string of the molecule is CCNc1nc(NC(C)CC(F)(F)F)nc(OC(C)C)n1. The molecule has 0 aliphatic rings. The molecule has 0 aromatic carbocycles. The molecule has 1 aromatic rings. The minimum atomic E-state index is -4.25. The fourth-order valence-corrected chi connectivity index (χ4v) is 1.54. The lowest BCUT2D eigenvalue weighted by molar-refractivity contribution is -0.136. The van der Waals surface area contributed by atoms with E-state index < -0.39 is 18.6 Å². The lowest BCUT2D eigenvalue weighted by Gasteiger charge is -2.17. The number of ether oxygens (including phenoxy) is 1. The first-order chi connectivity index (χ1) is 9.69. The summed E-state index contributed by atoms with van der Waals surface area (Å²) in [6.07, 6.45) is -5.38. The van der Waals surface area contributed by atoms with Gasteiger partial charge in [0.05, 0.1) is 12.5 Å². The Balaban J connectivity index is 2.86. The molecule has 9 heteroatoms. The molecule has 1 unspecified atom stereocenters. The van der Waals surface area contributed by atoms with Gasteiger partial charge in [-0.3, -0.25) is 0 Å². The largest absolute Gasteiger partial charge is 0.461 e. The van der Waals surface area contributed by atoms with Crippen molar-refractivity contribution in [2.45, 2.75) is 52.4 Å². The van der Waals surface area contributed by atoms with Gasteiger partial charge in [-0.2, -0.15) is 28.1 Å². The number of hydrogen-bond acceptors (Lipinski definition) is 6. The minimum Gasteiger partial charge on any atom is -0.461 e. The molecule has 0 radical (unpaired) electrons. The number of aromatic nitrogens is 3. The lowest BCUT2D eigenvalue weighted by Crippen LogP contribution is -2.25. The second-order valence-corrected chi connectivity index (χ2v) is 4.83. The Morgan fingerprint density at radius 1 is 1.10 bits per heavy atom. The van der Waals surface area contributed by atoms with Gasteiger partial charge in [-0.15, -0.1) is 0 Å². The zero-order valence-electron chi connectivity index (χ0n) is 12.5. The average molecular weight is 307 g/mol. The van der Waals surface area contributed by atoms with E-state index in [1.807, 2.05) is 6.92 Å². The van der Waals surface area contributed by atoms with Gasteiger partial charge in [0.2, 0.25) is 11.9 Å². The zero-order valence-corrected chi connectivity index (χ0v) is 12.5. The molecule has 0 aliphatic carbocycles. The first kappa shape index (κ1) is 17.3. The number of halogens is 3. The minimum absolute atomic E-state index is 0.0494. The Labute approximate surface area is 121 Å². The van der Waals surface area contributed by atoms with Crippen LogP contribution in [0.25, 0.3) is 0 Å². The average Bonchev–Trinajstić information content (AvgIpc) is 2.24. The summed E-state index contributed by atoms with van der Waals surface area (Å²) in [7, 11) is 0. The molecule has 1 aromatic heterocycles. The summed E-state index contributed by atoms with van der Waals surface area (Å²) < 4.78 is 42.3. The summed E-state index contributed by atoms with van der Waals surface area (Å²) in [5, 5.41) is 5.49. The van der Waals surface area contributed by atoms with Crippen molar-refractivity contribution in [3.05, 3.63) is 0 Å². The van der Waals surface area contributed by atoms with Crippen molar-refractivity contribution in [2.24, 2.45) is 0 Å². The van der Waals surface area contributed by atoms with Gasteiger partial charge in [-0.05, 0) is 27.7 Å². The highest BCUT2D eigenvalue weighted by atomic mass is 19.4. The fraction of sp³-hybridized carbons (Fsp3) is 0.750. The molecule has 1 atom stereocenters. The quantitative estimate of drug-likeness (QED) is 0.807. The molecule has 0 saturated heterocycles. The Kier molecular flexibility index (Phi) is 5.98. The standard InChI is InChI=1S/C12H20F3N5O/c1-5-16-9-18-10(17-8(4)6-12(13,14)15)20-11(19-9)21-7(2)3/h7-8H,5-6H2,1-4H3,(H2,16,17,18,19,20). The summed E-state index contributed by atoms with van der Waals surface area (Å²) >= 11 is 0. The van der Waals surface area contributed by atoms with Gasteiger partial charge in [0.1, 0.15) is 0 Å². The number of anilines is 2. The molecule has 0 spiro atoms. The zero-order chi connectivity index (χ0) is 16.0. The molecular weight excluding hydrogens is 287 g/mol. The van der Waals surface area contributed by atoms with E-state index >= 15 is 0 Å². The van der Waals surface area contributed by atoms with Crippen LogP contribution in [0.1, 0.15) is 34.1 Å². The number of hydrogen-bond donors (Lipinski definition) is 2. The van der Waals surface area contributed by atoms with Crippen LogP contribution in [0, 0.1) is 0 Å². The summed E-state index contributed by atoms with van der Waals surface area (Å²) in [6, 6.07) is -0.786. The fourth-order valence-electron chi connectivity index (χ4n) is 1.54. The number of nitrogens with one attached hydrogen (secondary N) is 2. The van der Waals surface area contributed by atoms with Crippen molar-refractivity contribution >= 4 is 11.9 Å². The van der Waals surface area contributed by atoms with Gasteiger partial charge in [0.15, 0.2) is 0 Å². The van der Waals surface area contributed by atoms with Crippen LogP contribution in [0.4, 0.5) is 25.1 Å². The van der Waals surface area contributed by atoms with Gasteiger partial charge in [0.25, 0.3) is 0 Å². The van der Waals surface area contributed by atoms with Crippen molar-refractivity contribution in [1.29, 1.82) is 0 Å². The van der Waals surface area contributed by atoms with Gasteiger partial charge >= 0.3 is 12.2 Å². The molecule has 1 heterocycles. The van der Waals surface area contributed by atoms with E-state index in [0.717, 1.165) is 0 Å². The Bertz CT molecular complexity index is 453. The molecule has 21 heavy (non-hydrogen) atoms. The number of alkyl halides is 3. The van der Waals surface area contributed by atoms with Crippen molar-refractivity contribution in [3.8, 4) is 6.01 Å². The smallest absolute Gasteiger partial charge is 0.391 e. The van der Waals surface area contributed by atoms with E-state index in [-0.39, 0.29) is 24.0 Å². The summed E-state index contributed by atoms with van der Waals surface area (Å²) in [6.45, 7) is 7.44. The number of rotatable bonds is 7. The molecule has 1 rings (SSSR count). The second-order valence-electron chi connectivity index (χ2n) is 4.83. The molecule has 6 nitrogen and oxygen atoms in total. The second kappa shape index (κ2) is 7.28. The van der Waals surface area contributed by atoms with Crippen molar-refractivity contribution in [2.75, 3.05) is 17.2 Å². The highest BCUT2D eigenvalue weighted by molar-refractivity contribution is 5.36. The third kappa shape index (κ3) is 6.96. The predicted molar refractivity (Wildman–Crippen MR) is 73.5 cm³/mol. The molecule has 0 aliphatic heterocycles. The van der Waals surface area contributed by atoms with Crippen LogP contribution in [-0.4, -0.2) is 39.8 Å². The van der Waals surface area contributed by atoms with Gasteiger partial charge in [0, 0.05) is 12.6 Å². The normalized spacial score (nSPS) is 13.1. The van der Waals surface area contributed by atoms with E-state index in [1.165, 1.54) is 6.92 Å². The Morgan fingerprint density at radius 2 is 1.71 bits per heavy atom. The van der Waals surface area contributed by atoms with Crippen LogP contribution in [0.2, 0.25) is 0 Å². The highest BCUT2D eigenvalue weighted by Crippen LogP contribution is 2.23. The van der Waals surface area contributed by atoms with Crippen LogP contribution in [0.5, 0.6) is 6.01 Å². The maximum atomic E-state index is 12.3. The van der Waals surface area contributed by atoms with Crippen LogP contribution < -0.4 is 15.4 Å². The predicted octanol–water partition coefficient (Wildman–Crippen LogP) is 2.84. The molecule has 120 valence electrons.